The Kier molecular flexibility index (Phi) is 5.03. The molecule has 2 aromatic rings. The first-order valence-electron chi connectivity index (χ1n) is 6.08. The fourth-order valence-electron chi connectivity index (χ4n) is 1.81. The maximum absolute atomic E-state index is 6.12. The molecule has 0 heterocycles. The smallest absolute Gasteiger partial charge is 0.0411 e. The second-order valence-electron chi connectivity index (χ2n) is 4.35. The largest absolute Gasteiger partial charge is 0.324 e. The lowest BCUT2D eigenvalue weighted by molar-refractivity contribution is 0.742. The molecule has 0 radical (unpaired) electrons. The molecule has 0 saturated carbocycles. The summed E-state index contributed by atoms with van der Waals surface area (Å²) >= 11 is 11.8. The predicted molar refractivity (Wildman–Crippen MR) is 83.5 cm³/mol. The van der Waals surface area contributed by atoms with Gasteiger partial charge in [-0.15, -0.1) is 0 Å². The molecule has 2 aromatic carbocycles. The molecule has 0 aromatic heterocycles. The molecule has 19 heavy (non-hydrogen) atoms. The van der Waals surface area contributed by atoms with Gasteiger partial charge >= 0.3 is 0 Å². The maximum atomic E-state index is 6.12. The van der Waals surface area contributed by atoms with E-state index >= 15 is 0 Å². The van der Waals surface area contributed by atoms with Crippen LogP contribution in [0.2, 0.25) is 10.0 Å². The normalized spacial score (nSPS) is 12.8. The Bertz CT molecular complexity index is 561. The van der Waals surface area contributed by atoms with Crippen LogP contribution in [-0.2, 0) is 0 Å². The number of nitrogens with two attached hydrogens (primary N) is 1. The lowest BCUT2D eigenvalue weighted by atomic mass is 10.0. The van der Waals surface area contributed by atoms with E-state index in [1.807, 2.05) is 54.6 Å². The minimum absolute atomic E-state index is 0.0206. The zero-order valence-electron chi connectivity index (χ0n) is 10.4. The van der Waals surface area contributed by atoms with Crippen LogP contribution >= 0.6 is 23.2 Å². The molecule has 0 bridgehead atoms. The molecule has 2 N–H and O–H groups in total. The highest BCUT2D eigenvalue weighted by atomic mass is 35.5. The third-order valence-electron chi connectivity index (χ3n) is 2.85. The van der Waals surface area contributed by atoms with E-state index < -0.39 is 0 Å². The maximum Gasteiger partial charge on any atom is 0.0411 e. The van der Waals surface area contributed by atoms with Gasteiger partial charge in [0, 0.05) is 16.1 Å². The Hall–Kier alpha value is -1.28. The highest BCUT2D eigenvalue weighted by molar-refractivity contribution is 6.30. The van der Waals surface area contributed by atoms with E-state index in [1.54, 1.807) is 0 Å². The van der Waals surface area contributed by atoms with Crippen molar-refractivity contribution < 1.29 is 0 Å². The minimum atomic E-state index is -0.0206. The molecule has 1 atom stereocenters. The van der Waals surface area contributed by atoms with Crippen molar-refractivity contribution in [1.29, 1.82) is 0 Å². The summed E-state index contributed by atoms with van der Waals surface area (Å²) in [5, 5.41) is 1.47. The van der Waals surface area contributed by atoms with Crippen LogP contribution in [0.3, 0.4) is 0 Å². The second kappa shape index (κ2) is 6.76. The summed E-state index contributed by atoms with van der Waals surface area (Å²) in [6.07, 6.45) is 4.86. The minimum Gasteiger partial charge on any atom is -0.324 e. The fourth-order valence-corrected chi connectivity index (χ4v) is 2.13. The van der Waals surface area contributed by atoms with E-state index in [1.165, 1.54) is 0 Å². The fraction of sp³-hybridized carbons (Fsp3) is 0.125. The number of hydrogen-bond acceptors (Lipinski definition) is 1. The van der Waals surface area contributed by atoms with E-state index in [-0.39, 0.29) is 6.04 Å². The van der Waals surface area contributed by atoms with Crippen molar-refractivity contribution in [2.24, 2.45) is 5.73 Å². The van der Waals surface area contributed by atoms with Gasteiger partial charge in [-0.1, -0.05) is 59.6 Å². The quantitative estimate of drug-likeness (QED) is 0.833. The summed E-state index contributed by atoms with van der Waals surface area (Å²) in [5.74, 6) is 0. The second-order valence-corrected chi connectivity index (χ2v) is 5.22. The van der Waals surface area contributed by atoms with E-state index in [0.717, 1.165) is 27.6 Å². The summed E-state index contributed by atoms with van der Waals surface area (Å²) in [6.45, 7) is 0. The van der Waals surface area contributed by atoms with Crippen molar-refractivity contribution in [3.05, 3.63) is 75.8 Å². The number of benzene rings is 2. The summed E-state index contributed by atoms with van der Waals surface area (Å²) in [6, 6.07) is 15.3. The Labute approximate surface area is 123 Å². The van der Waals surface area contributed by atoms with Crippen LogP contribution in [0.4, 0.5) is 0 Å². The van der Waals surface area contributed by atoms with E-state index in [2.05, 4.69) is 6.08 Å². The summed E-state index contributed by atoms with van der Waals surface area (Å²) in [4.78, 5) is 0. The van der Waals surface area contributed by atoms with Crippen molar-refractivity contribution in [3.63, 3.8) is 0 Å². The molecule has 0 fully saturated rings. The van der Waals surface area contributed by atoms with E-state index in [4.69, 9.17) is 28.9 Å². The van der Waals surface area contributed by atoms with E-state index in [9.17, 15) is 0 Å². The average molecular weight is 292 g/mol. The SMILES string of the molecule is N[C@@H](C/C=C/c1cccc(Cl)c1)c1ccc(Cl)cc1. The van der Waals surface area contributed by atoms with Gasteiger partial charge in [0.15, 0.2) is 0 Å². The summed E-state index contributed by atoms with van der Waals surface area (Å²) < 4.78 is 0. The van der Waals surface area contributed by atoms with Crippen LogP contribution < -0.4 is 5.73 Å². The zero-order valence-corrected chi connectivity index (χ0v) is 11.9. The van der Waals surface area contributed by atoms with Crippen LogP contribution in [0.1, 0.15) is 23.6 Å². The molecule has 0 aliphatic rings. The Morgan fingerprint density at radius 1 is 1.00 bits per heavy atom. The lowest BCUT2D eigenvalue weighted by Crippen LogP contribution is -2.08. The van der Waals surface area contributed by atoms with Crippen molar-refractivity contribution in [3.8, 4) is 0 Å². The molecule has 0 aliphatic heterocycles. The topological polar surface area (TPSA) is 26.0 Å². The predicted octanol–water partition coefficient (Wildman–Crippen LogP) is 5.10. The first-order chi connectivity index (χ1) is 9.15. The number of rotatable bonds is 4. The van der Waals surface area contributed by atoms with Crippen molar-refractivity contribution in [2.75, 3.05) is 0 Å². The van der Waals surface area contributed by atoms with Gasteiger partial charge in [-0.2, -0.15) is 0 Å². The first-order valence-corrected chi connectivity index (χ1v) is 6.84. The molecular weight excluding hydrogens is 277 g/mol. The summed E-state index contributed by atoms with van der Waals surface area (Å²) in [7, 11) is 0. The van der Waals surface area contributed by atoms with Gasteiger partial charge in [0.2, 0.25) is 0 Å². The van der Waals surface area contributed by atoms with Crippen LogP contribution in [0.15, 0.2) is 54.6 Å². The highest BCUT2D eigenvalue weighted by Crippen LogP contribution is 2.18. The molecular formula is C16H15Cl2N. The van der Waals surface area contributed by atoms with Gasteiger partial charge in [-0.05, 0) is 41.8 Å². The Morgan fingerprint density at radius 2 is 1.74 bits per heavy atom. The molecule has 98 valence electrons. The lowest BCUT2D eigenvalue weighted by Gasteiger charge is -2.09. The molecule has 3 heteroatoms. The van der Waals surface area contributed by atoms with Crippen LogP contribution in [0, 0.1) is 0 Å². The molecule has 0 amide bonds. The van der Waals surface area contributed by atoms with Crippen LogP contribution in [-0.4, -0.2) is 0 Å². The van der Waals surface area contributed by atoms with Gasteiger partial charge < -0.3 is 5.73 Å². The molecule has 0 unspecified atom stereocenters. The summed E-state index contributed by atoms with van der Waals surface area (Å²) in [5.41, 5.74) is 8.28. The molecule has 0 aliphatic carbocycles. The molecule has 0 saturated heterocycles. The molecule has 0 spiro atoms. The molecule has 1 nitrogen and oxygen atoms in total. The van der Waals surface area contributed by atoms with Gasteiger partial charge in [-0.25, -0.2) is 0 Å². The van der Waals surface area contributed by atoms with Gasteiger partial charge in [0.25, 0.3) is 0 Å². The number of hydrogen-bond donors (Lipinski definition) is 1. The van der Waals surface area contributed by atoms with E-state index in [0.29, 0.717) is 0 Å². The first kappa shape index (κ1) is 14.1. The zero-order chi connectivity index (χ0) is 13.7. The van der Waals surface area contributed by atoms with Gasteiger partial charge in [0.05, 0.1) is 0 Å². The van der Waals surface area contributed by atoms with Crippen molar-refractivity contribution >= 4 is 29.3 Å². The third kappa shape index (κ3) is 4.39. The van der Waals surface area contributed by atoms with Gasteiger partial charge in [-0.3, -0.25) is 0 Å². The Balaban J connectivity index is 1.96. The molecule has 2 rings (SSSR count). The highest BCUT2D eigenvalue weighted by Gasteiger charge is 2.03. The standard InChI is InChI=1S/C16H15Cl2N/c17-14-9-7-13(8-10-14)16(19)6-2-4-12-3-1-5-15(18)11-12/h1-5,7-11,16H,6,19H2/b4-2+/t16-/m0/s1. The number of halogens is 2. The van der Waals surface area contributed by atoms with Gasteiger partial charge in [0.1, 0.15) is 0 Å². The monoisotopic (exact) mass is 291 g/mol. The third-order valence-corrected chi connectivity index (χ3v) is 3.33. The van der Waals surface area contributed by atoms with Crippen LogP contribution in [0.5, 0.6) is 0 Å². The Morgan fingerprint density at radius 3 is 2.42 bits per heavy atom. The van der Waals surface area contributed by atoms with Crippen LogP contribution in [0.25, 0.3) is 6.08 Å². The average Bonchev–Trinajstić information content (AvgIpc) is 2.39. The van der Waals surface area contributed by atoms with Crippen molar-refractivity contribution in [1.82, 2.24) is 0 Å². The van der Waals surface area contributed by atoms with Crippen molar-refractivity contribution in [2.45, 2.75) is 12.5 Å².